The van der Waals surface area contributed by atoms with Gasteiger partial charge in [0.15, 0.2) is 0 Å². The number of carbonyl (C=O) groups excluding carboxylic acids is 1. The molecule has 8 nitrogen and oxygen atoms in total. The predicted molar refractivity (Wildman–Crippen MR) is 155 cm³/mol. The Kier molecular flexibility index (Phi) is 7.81. The first kappa shape index (κ1) is 26.6. The highest BCUT2D eigenvalue weighted by atomic mass is 35.5. The highest BCUT2D eigenvalue weighted by Gasteiger charge is 2.36. The molecular weight excluding hydrogens is 534 g/mol. The molecule has 0 fully saturated rings. The number of allylic oxidation sites excluding steroid dienone is 1. The van der Waals surface area contributed by atoms with Crippen LogP contribution in [0.5, 0.6) is 11.5 Å². The summed E-state index contributed by atoms with van der Waals surface area (Å²) in [6.45, 7) is 3.84. The van der Waals surface area contributed by atoms with Crippen molar-refractivity contribution in [2.45, 2.75) is 30.8 Å². The zero-order chi connectivity index (χ0) is 27.5. The molecule has 5 rings (SSSR count). The third-order valence-electron chi connectivity index (χ3n) is 6.40. The van der Waals surface area contributed by atoms with Crippen LogP contribution in [0, 0.1) is 6.92 Å². The molecule has 1 unspecified atom stereocenters. The minimum atomic E-state index is -0.627. The van der Waals surface area contributed by atoms with Crippen LogP contribution in [0.15, 0.2) is 83.2 Å². The van der Waals surface area contributed by atoms with Crippen molar-refractivity contribution >= 4 is 40.9 Å². The SMILES string of the molecule is COc1ccc(OC)c(C2C(C(=O)Nc3cccc(C)c3)=C(C)Nc3nc(SCc4ccccc4Cl)nn32)c1. The van der Waals surface area contributed by atoms with Gasteiger partial charge < -0.3 is 20.1 Å². The lowest BCUT2D eigenvalue weighted by atomic mass is 9.94. The summed E-state index contributed by atoms with van der Waals surface area (Å²) in [5.74, 6) is 2.10. The van der Waals surface area contributed by atoms with E-state index in [0.717, 1.165) is 16.7 Å². The highest BCUT2D eigenvalue weighted by molar-refractivity contribution is 7.98. The summed E-state index contributed by atoms with van der Waals surface area (Å²) in [6, 6.07) is 20.3. The first-order chi connectivity index (χ1) is 18.9. The van der Waals surface area contributed by atoms with Crippen LogP contribution in [-0.4, -0.2) is 34.9 Å². The van der Waals surface area contributed by atoms with Crippen LogP contribution in [0.25, 0.3) is 0 Å². The number of aromatic nitrogens is 3. The maximum atomic E-state index is 13.8. The zero-order valence-electron chi connectivity index (χ0n) is 22.0. The molecule has 1 atom stereocenters. The number of hydrogen-bond acceptors (Lipinski definition) is 7. The highest BCUT2D eigenvalue weighted by Crippen LogP contribution is 2.41. The van der Waals surface area contributed by atoms with E-state index in [1.165, 1.54) is 11.8 Å². The average molecular weight is 562 g/mol. The smallest absolute Gasteiger partial charge is 0.255 e. The molecule has 4 aromatic rings. The average Bonchev–Trinajstić information content (AvgIpc) is 3.33. The number of thioether (sulfide) groups is 1. The molecule has 1 amide bonds. The number of methoxy groups -OCH3 is 2. The van der Waals surface area contributed by atoms with Crippen molar-refractivity contribution in [3.05, 3.63) is 99.7 Å². The molecule has 0 saturated heterocycles. The van der Waals surface area contributed by atoms with E-state index in [-0.39, 0.29) is 5.91 Å². The van der Waals surface area contributed by atoms with Gasteiger partial charge in [0.2, 0.25) is 11.1 Å². The number of nitrogens with one attached hydrogen (secondary N) is 2. The van der Waals surface area contributed by atoms with Gasteiger partial charge in [0.05, 0.1) is 19.8 Å². The van der Waals surface area contributed by atoms with E-state index >= 15 is 0 Å². The molecule has 0 bridgehead atoms. The summed E-state index contributed by atoms with van der Waals surface area (Å²) >= 11 is 7.83. The van der Waals surface area contributed by atoms with E-state index < -0.39 is 6.04 Å². The van der Waals surface area contributed by atoms with E-state index in [4.69, 9.17) is 31.2 Å². The van der Waals surface area contributed by atoms with Gasteiger partial charge in [-0.05, 0) is 61.4 Å². The normalized spacial score (nSPS) is 14.4. The topological polar surface area (TPSA) is 90.3 Å². The number of aryl methyl sites for hydroxylation is 1. The van der Waals surface area contributed by atoms with Crippen molar-refractivity contribution < 1.29 is 14.3 Å². The Morgan fingerprint density at radius 2 is 1.90 bits per heavy atom. The monoisotopic (exact) mass is 561 g/mol. The molecule has 0 aliphatic carbocycles. The van der Waals surface area contributed by atoms with E-state index in [9.17, 15) is 4.79 Å². The lowest BCUT2D eigenvalue weighted by Gasteiger charge is -2.29. The molecule has 0 radical (unpaired) electrons. The van der Waals surface area contributed by atoms with Gasteiger partial charge in [-0.25, -0.2) is 4.68 Å². The van der Waals surface area contributed by atoms with Crippen LogP contribution in [-0.2, 0) is 10.5 Å². The molecule has 0 spiro atoms. The van der Waals surface area contributed by atoms with Crippen molar-refractivity contribution in [2.75, 3.05) is 24.9 Å². The summed E-state index contributed by atoms with van der Waals surface area (Å²) in [7, 11) is 3.20. The number of halogens is 1. The van der Waals surface area contributed by atoms with Crippen molar-refractivity contribution in [1.82, 2.24) is 14.8 Å². The van der Waals surface area contributed by atoms with Crippen molar-refractivity contribution in [3.8, 4) is 11.5 Å². The minimum absolute atomic E-state index is 0.258. The number of benzene rings is 3. The van der Waals surface area contributed by atoms with E-state index in [0.29, 0.717) is 50.3 Å². The second-order valence-electron chi connectivity index (χ2n) is 9.04. The number of fused-ring (bicyclic) bond motifs is 1. The Hall–Kier alpha value is -3.95. The maximum Gasteiger partial charge on any atom is 0.255 e. The number of rotatable bonds is 8. The maximum absolute atomic E-state index is 13.8. The molecule has 0 saturated carbocycles. The predicted octanol–water partition coefficient (Wildman–Crippen LogP) is 6.48. The van der Waals surface area contributed by atoms with Gasteiger partial charge in [0, 0.05) is 27.7 Å². The summed E-state index contributed by atoms with van der Waals surface area (Å²) in [5.41, 5.74) is 4.62. The number of ether oxygens (including phenoxy) is 2. The second kappa shape index (κ2) is 11.4. The van der Waals surface area contributed by atoms with Gasteiger partial charge >= 0.3 is 0 Å². The number of anilines is 2. The Morgan fingerprint density at radius 1 is 1.08 bits per heavy atom. The quantitative estimate of drug-likeness (QED) is 0.238. The lowest BCUT2D eigenvalue weighted by Crippen LogP contribution is -2.31. The third kappa shape index (κ3) is 5.60. The first-order valence-electron chi connectivity index (χ1n) is 12.3. The molecule has 1 aromatic heterocycles. The molecule has 2 N–H and O–H groups in total. The fraction of sp³-hybridized carbons (Fsp3) is 0.207. The fourth-order valence-corrected chi connectivity index (χ4v) is 5.62. The Labute approximate surface area is 236 Å². The number of amides is 1. The van der Waals surface area contributed by atoms with Gasteiger partial charge in [-0.1, -0.05) is 53.7 Å². The van der Waals surface area contributed by atoms with Gasteiger partial charge in [-0.3, -0.25) is 4.79 Å². The number of nitrogens with zero attached hydrogens (tertiary/aromatic N) is 3. The number of carbonyl (C=O) groups is 1. The molecular formula is C29H28ClN5O3S. The summed E-state index contributed by atoms with van der Waals surface area (Å²) < 4.78 is 13.0. The summed E-state index contributed by atoms with van der Waals surface area (Å²) in [4.78, 5) is 18.6. The minimum Gasteiger partial charge on any atom is -0.497 e. The van der Waals surface area contributed by atoms with Crippen molar-refractivity contribution in [2.24, 2.45) is 0 Å². The molecule has 1 aliphatic rings. The summed E-state index contributed by atoms with van der Waals surface area (Å²) in [6.07, 6.45) is 0. The molecule has 200 valence electrons. The van der Waals surface area contributed by atoms with Crippen LogP contribution >= 0.6 is 23.4 Å². The number of hydrogen-bond donors (Lipinski definition) is 2. The van der Waals surface area contributed by atoms with Gasteiger partial charge in [0.25, 0.3) is 5.91 Å². The largest absolute Gasteiger partial charge is 0.497 e. The van der Waals surface area contributed by atoms with Crippen molar-refractivity contribution in [3.63, 3.8) is 0 Å². The third-order valence-corrected chi connectivity index (χ3v) is 7.65. The van der Waals surface area contributed by atoms with E-state index in [1.54, 1.807) is 18.9 Å². The zero-order valence-corrected chi connectivity index (χ0v) is 23.6. The van der Waals surface area contributed by atoms with Crippen LogP contribution < -0.4 is 20.1 Å². The summed E-state index contributed by atoms with van der Waals surface area (Å²) in [5, 5.41) is 12.4. The van der Waals surface area contributed by atoms with E-state index in [1.807, 2.05) is 80.6 Å². The van der Waals surface area contributed by atoms with Crippen LogP contribution in [0.3, 0.4) is 0 Å². The molecule has 39 heavy (non-hydrogen) atoms. The molecule has 2 heterocycles. The van der Waals surface area contributed by atoms with Crippen LogP contribution in [0.4, 0.5) is 11.6 Å². The van der Waals surface area contributed by atoms with E-state index in [2.05, 4.69) is 10.6 Å². The Balaban J connectivity index is 1.56. The van der Waals surface area contributed by atoms with Crippen LogP contribution in [0.1, 0.15) is 29.7 Å². The Morgan fingerprint density at radius 3 is 2.64 bits per heavy atom. The van der Waals surface area contributed by atoms with Gasteiger partial charge in [0.1, 0.15) is 17.5 Å². The first-order valence-corrected chi connectivity index (χ1v) is 13.6. The van der Waals surface area contributed by atoms with Crippen molar-refractivity contribution in [1.29, 1.82) is 0 Å². The lowest BCUT2D eigenvalue weighted by molar-refractivity contribution is -0.113. The second-order valence-corrected chi connectivity index (χ2v) is 10.4. The molecule has 3 aromatic carbocycles. The van der Waals surface area contributed by atoms with Gasteiger partial charge in [-0.15, -0.1) is 5.10 Å². The molecule has 1 aliphatic heterocycles. The fourth-order valence-electron chi connectivity index (χ4n) is 4.51. The molecule has 10 heteroatoms. The van der Waals surface area contributed by atoms with Crippen LogP contribution in [0.2, 0.25) is 5.02 Å². The Bertz CT molecular complexity index is 1570. The standard InChI is InChI=1S/C29H28ClN5O3S/c1-17-8-7-10-20(14-17)32-27(36)25-18(2)31-28-33-29(39-16-19-9-5-6-11-23(19)30)34-35(28)26(25)22-15-21(37-3)12-13-24(22)38-4/h5-15,26H,16H2,1-4H3,(H,32,36)(H,31,33,34). The van der Waals surface area contributed by atoms with Gasteiger partial charge in [-0.2, -0.15) is 4.98 Å².